The predicted molar refractivity (Wildman–Crippen MR) is 70.8 cm³/mol. The fraction of sp³-hybridized carbons (Fsp3) is 0.0769. The SMILES string of the molecule is COC(=O)c1cccc(-n2ncc3c(=O)[nH]cnc32)c1. The molecule has 3 aromatic rings. The van der Waals surface area contributed by atoms with Gasteiger partial charge in [-0.05, 0) is 18.2 Å². The Bertz CT molecular complexity index is 850. The number of carbonyl (C=O) groups excluding carboxylic acids is 1. The van der Waals surface area contributed by atoms with Gasteiger partial charge < -0.3 is 9.72 Å². The molecule has 1 aromatic carbocycles. The van der Waals surface area contributed by atoms with E-state index in [4.69, 9.17) is 0 Å². The Morgan fingerprint density at radius 2 is 2.25 bits per heavy atom. The number of aromatic amines is 1. The molecule has 3 rings (SSSR count). The van der Waals surface area contributed by atoms with Gasteiger partial charge in [0.05, 0.1) is 30.9 Å². The van der Waals surface area contributed by atoms with E-state index >= 15 is 0 Å². The highest BCUT2D eigenvalue weighted by Gasteiger charge is 2.11. The Balaban J connectivity index is 2.19. The van der Waals surface area contributed by atoms with Crippen LogP contribution in [0.1, 0.15) is 10.4 Å². The molecule has 0 radical (unpaired) electrons. The van der Waals surface area contributed by atoms with E-state index in [1.54, 1.807) is 24.3 Å². The Kier molecular flexibility index (Phi) is 2.79. The second-order valence-electron chi connectivity index (χ2n) is 4.07. The number of nitrogens with zero attached hydrogens (tertiary/aromatic N) is 3. The van der Waals surface area contributed by atoms with Crippen LogP contribution in [0.4, 0.5) is 0 Å². The highest BCUT2D eigenvalue weighted by atomic mass is 16.5. The highest BCUT2D eigenvalue weighted by molar-refractivity contribution is 5.90. The average molecular weight is 270 g/mol. The van der Waals surface area contributed by atoms with Crippen LogP contribution in [0.2, 0.25) is 0 Å². The molecule has 0 bridgehead atoms. The zero-order chi connectivity index (χ0) is 14.1. The van der Waals surface area contributed by atoms with Crippen molar-refractivity contribution in [2.75, 3.05) is 7.11 Å². The van der Waals surface area contributed by atoms with Gasteiger partial charge in [0.2, 0.25) is 0 Å². The minimum Gasteiger partial charge on any atom is -0.465 e. The van der Waals surface area contributed by atoms with Crippen molar-refractivity contribution in [3.8, 4) is 5.69 Å². The number of nitrogens with one attached hydrogen (secondary N) is 1. The van der Waals surface area contributed by atoms with Crippen LogP contribution in [0.25, 0.3) is 16.7 Å². The molecule has 0 aliphatic heterocycles. The summed E-state index contributed by atoms with van der Waals surface area (Å²) in [6.07, 6.45) is 2.75. The zero-order valence-electron chi connectivity index (χ0n) is 10.5. The summed E-state index contributed by atoms with van der Waals surface area (Å²) in [5, 5.41) is 4.52. The third-order valence-electron chi connectivity index (χ3n) is 2.88. The molecule has 0 saturated carbocycles. The number of fused-ring (bicyclic) bond motifs is 1. The van der Waals surface area contributed by atoms with Crippen LogP contribution in [-0.2, 0) is 4.74 Å². The maximum absolute atomic E-state index is 11.6. The van der Waals surface area contributed by atoms with E-state index in [0.717, 1.165) is 0 Å². The second-order valence-corrected chi connectivity index (χ2v) is 4.07. The van der Waals surface area contributed by atoms with Crippen LogP contribution in [-0.4, -0.2) is 32.8 Å². The van der Waals surface area contributed by atoms with Crippen molar-refractivity contribution < 1.29 is 9.53 Å². The van der Waals surface area contributed by atoms with Crippen molar-refractivity contribution in [2.24, 2.45) is 0 Å². The molecular weight excluding hydrogens is 260 g/mol. The van der Waals surface area contributed by atoms with Crippen molar-refractivity contribution in [1.29, 1.82) is 0 Å². The summed E-state index contributed by atoms with van der Waals surface area (Å²) in [6.45, 7) is 0. The fourth-order valence-electron chi connectivity index (χ4n) is 1.93. The largest absolute Gasteiger partial charge is 0.465 e. The first-order valence-electron chi connectivity index (χ1n) is 5.81. The monoisotopic (exact) mass is 270 g/mol. The van der Waals surface area contributed by atoms with Gasteiger partial charge in [-0.3, -0.25) is 4.79 Å². The van der Waals surface area contributed by atoms with Crippen LogP contribution in [0.5, 0.6) is 0 Å². The van der Waals surface area contributed by atoms with Gasteiger partial charge in [0.15, 0.2) is 5.65 Å². The van der Waals surface area contributed by atoms with E-state index in [-0.39, 0.29) is 5.56 Å². The number of aromatic nitrogens is 4. The van der Waals surface area contributed by atoms with Crippen molar-refractivity contribution in [3.05, 3.63) is 52.7 Å². The number of methoxy groups -OCH3 is 1. The quantitative estimate of drug-likeness (QED) is 0.698. The maximum Gasteiger partial charge on any atom is 0.337 e. The van der Waals surface area contributed by atoms with Crippen molar-refractivity contribution in [2.45, 2.75) is 0 Å². The first kappa shape index (κ1) is 12.1. The molecule has 2 aromatic heterocycles. The average Bonchev–Trinajstić information content (AvgIpc) is 2.92. The third-order valence-corrected chi connectivity index (χ3v) is 2.88. The zero-order valence-corrected chi connectivity index (χ0v) is 10.5. The maximum atomic E-state index is 11.6. The Hall–Kier alpha value is -2.96. The summed E-state index contributed by atoms with van der Waals surface area (Å²) in [6, 6.07) is 6.74. The van der Waals surface area contributed by atoms with Gasteiger partial charge in [-0.25, -0.2) is 14.5 Å². The first-order chi connectivity index (χ1) is 9.70. The first-order valence-corrected chi connectivity index (χ1v) is 5.81. The molecule has 2 heterocycles. The lowest BCUT2D eigenvalue weighted by molar-refractivity contribution is 0.0600. The molecule has 20 heavy (non-hydrogen) atoms. The molecule has 100 valence electrons. The van der Waals surface area contributed by atoms with E-state index in [2.05, 4.69) is 19.8 Å². The topological polar surface area (TPSA) is 89.9 Å². The van der Waals surface area contributed by atoms with Crippen molar-refractivity contribution >= 4 is 17.0 Å². The normalized spacial score (nSPS) is 10.7. The fourth-order valence-corrected chi connectivity index (χ4v) is 1.93. The Morgan fingerprint density at radius 3 is 3.05 bits per heavy atom. The van der Waals surface area contributed by atoms with E-state index in [9.17, 15) is 9.59 Å². The summed E-state index contributed by atoms with van der Waals surface area (Å²) >= 11 is 0. The number of H-pyrrole nitrogens is 1. The van der Waals surface area contributed by atoms with E-state index in [1.165, 1.54) is 24.3 Å². The number of hydrogen-bond acceptors (Lipinski definition) is 5. The molecule has 0 amide bonds. The molecule has 0 atom stereocenters. The summed E-state index contributed by atoms with van der Waals surface area (Å²) < 4.78 is 6.17. The summed E-state index contributed by atoms with van der Waals surface area (Å²) in [4.78, 5) is 29.7. The van der Waals surface area contributed by atoms with Gasteiger partial charge in [0, 0.05) is 0 Å². The molecule has 0 saturated heterocycles. The van der Waals surface area contributed by atoms with Crippen LogP contribution in [0.3, 0.4) is 0 Å². The van der Waals surface area contributed by atoms with Crippen LogP contribution in [0, 0.1) is 0 Å². The minimum absolute atomic E-state index is 0.259. The lowest BCUT2D eigenvalue weighted by Crippen LogP contribution is -2.07. The van der Waals surface area contributed by atoms with Crippen LogP contribution >= 0.6 is 0 Å². The van der Waals surface area contributed by atoms with Crippen molar-refractivity contribution in [3.63, 3.8) is 0 Å². The number of esters is 1. The van der Waals surface area contributed by atoms with E-state index in [0.29, 0.717) is 22.3 Å². The van der Waals surface area contributed by atoms with Gasteiger partial charge in [-0.1, -0.05) is 6.07 Å². The molecule has 0 aliphatic rings. The van der Waals surface area contributed by atoms with Gasteiger partial charge in [0.25, 0.3) is 5.56 Å². The predicted octanol–water partition coefficient (Wildman–Crippen LogP) is 0.895. The minimum atomic E-state index is -0.436. The molecule has 0 unspecified atom stereocenters. The van der Waals surface area contributed by atoms with E-state index < -0.39 is 5.97 Å². The molecule has 0 fully saturated rings. The molecule has 0 aliphatic carbocycles. The van der Waals surface area contributed by atoms with Crippen LogP contribution < -0.4 is 5.56 Å². The summed E-state index contributed by atoms with van der Waals surface area (Å²) in [5.41, 5.74) is 1.20. The Labute approximate surface area is 112 Å². The highest BCUT2D eigenvalue weighted by Crippen LogP contribution is 2.15. The lowest BCUT2D eigenvalue weighted by atomic mass is 10.2. The molecule has 7 nitrogen and oxygen atoms in total. The Morgan fingerprint density at radius 1 is 1.40 bits per heavy atom. The summed E-state index contributed by atoms with van der Waals surface area (Å²) in [5.74, 6) is -0.436. The molecule has 7 heteroatoms. The lowest BCUT2D eigenvalue weighted by Gasteiger charge is -2.04. The standard InChI is InChI=1S/C13H10N4O3/c1-20-13(19)8-3-2-4-9(5-8)17-11-10(6-16-17)12(18)15-7-14-11/h2-7H,1H3,(H,14,15,18). The van der Waals surface area contributed by atoms with Crippen LogP contribution in [0.15, 0.2) is 41.6 Å². The molecular formula is C13H10N4O3. The van der Waals surface area contributed by atoms with Gasteiger partial charge in [0.1, 0.15) is 5.39 Å². The number of rotatable bonds is 2. The molecule has 1 N–H and O–H groups in total. The smallest absolute Gasteiger partial charge is 0.337 e. The number of hydrogen-bond donors (Lipinski definition) is 1. The number of carbonyl (C=O) groups is 1. The van der Waals surface area contributed by atoms with Gasteiger partial charge in [-0.15, -0.1) is 0 Å². The molecule has 0 spiro atoms. The van der Waals surface area contributed by atoms with Gasteiger partial charge >= 0.3 is 5.97 Å². The third kappa shape index (κ3) is 1.85. The second kappa shape index (κ2) is 4.61. The number of ether oxygens (including phenoxy) is 1. The van der Waals surface area contributed by atoms with E-state index in [1.807, 2.05) is 0 Å². The summed E-state index contributed by atoms with van der Waals surface area (Å²) in [7, 11) is 1.32. The van der Waals surface area contributed by atoms with Crippen molar-refractivity contribution in [1.82, 2.24) is 19.7 Å². The van der Waals surface area contributed by atoms with Gasteiger partial charge in [-0.2, -0.15) is 5.10 Å². The number of benzene rings is 1.